The number of halogens is 1. The second-order valence-corrected chi connectivity index (χ2v) is 5.61. The van der Waals surface area contributed by atoms with Crippen molar-refractivity contribution < 1.29 is 4.39 Å². The van der Waals surface area contributed by atoms with Crippen molar-refractivity contribution in [3.05, 3.63) is 47.5 Å². The highest BCUT2D eigenvalue weighted by Gasteiger charge is 2.12. The highest BCUT2D eigenvalue weighted by Crippen LogP contribution is 2.20. The molecule has 3 nitrogen and oxygen atoms in total. The summed E-state index contributed by atoms with van der Waals surface area (Å²) in [7, 11) is 0. The molecule has 20 heavy (non-hydrogen) atoms. The van der Waals surface area contributed by atoms with Crippen molar-refractivity contribution in [1.29, 1.82) is 0 Å². The second-order valence-electron chi connectivity index (χ2n) is 5.61. The van der Waals surface area contributed by atoms with Gasteiger partial charge in [-0.25, -0.2) is 9.07 Å². The number of hydrogen-bond donors (Lipinski definition) is 1. The predicted molar refractivity (Wildman–Crippen MR) is 79.6 cm³/mol. The molecule has 108 valence electrons. The molecule has 0 spiro atoms. The van der Waals surface area contributed by atoms with Crippen molar-refractivity contribution >= 4 is 0 Å². The minimum atomic E-state index is -0.197. The van der Waals surface area contributed by atoms with Crippen molar-refractivity contribution in [2.75, 3.05) is 0 Å². The van der Waals surface area contributed by atoms with Gasteiger partial charge < -0.3 is 5.32 Å². The van der Waals surface area contributed by atoms with E-state index < -0.39 is 0 Å². The van der Waals surface area contributed by atoms with Gasteiger partial charge in [0.1, 0.15) is 5.82 Å². The van der Waals surface area contributed by atoms with Crippen LogP contribution in [0.1, 0.15) is 44.9 Å². The average Bonchev–Trinajstić information content (AvgIpc) is 2.86. The Balaban J connectivity index is 2.36. The first kappa shape index (κ1) is 14.7. The Morgan fingerprint density at radius 2 is 1.95 bits per heavy atom. The Labute approximate surface area is 119 Å². The fraction of sp³-hybridized carbons (Fsp3) is 0.438. The predicted octanol–water partition coefficient (Wildman–Crippen LogP) is 3.63. The minimum absolute atomic E-state index is 0.197. The number of benzene rings is 1. The summed E-state index contributed by atoms with van der Waals surface area (Å²) in [6.45, 7) is 8.78. The van der Waals surface area contributed by atoms with Crippen LogP contribution in [0.4, 0.5) is 4.39 Å². The molecule has 4 heteroatoms. The summed E-state index contributed by atoms with van der Waals surface area (Å²) in [6, 6.07) is 7.41. The summed E-state index contributed by atoms with van der Waals surface area (Å²) in [5.74, 6) is 0.166. The summed E-state index contributed by atoms with van der Waals surface area (Å²) < 4.78 is 15.8. The third kappa shape index (κ3) is 3.25. The third-order valence-corrected chi connectivity index (χ3v) is 3.23. The van der Waals surface area contributed by atoms with Gasteiger partial charge >= 0.3 is 0 Å². The van der Waals surface area contributed by atoms with Gasteiger partial charge in [-0.1, -0.05) is 33.8 Å². The van der Waals surface area contributed by atoms with E-state index in [2.05, 4.69) is 24.3 Å². The Morgan fingerprint density at radius 1 is 1.20 bits per heavy atom. The molecule has 0 aliphatic rings. The lowest BCUT2D eigenvalue weighted by Gasteiger charge is -2.13. The number of rotatable bonds is 5. The van der Waals surface area contributed by atoms with Gasteiger partial charge in [0.25, 0.3) is 0 Å². The largest absolute Gasteiger partial charge is 0.310 e. The van der Waals surface area contributed by atoms with Crippen molar-refractivity contribution in [2.45, 2.75) is 46.2 Å². The summed E-state index contributed by atoms with van der Waals surface area (Å²) in [6.07, 6.45) is 1.89. The molecule has 0 fully saturated rings. The second kappa shape index (κ2) is 6.18. The Kier molecular flexibility index (Phi) is 4.55. The molecule has 1 aromatic heterocycles. The van der Waals surface area contributed by atoms with Crippen LogP contribution in [0.5, 0.6) is 0 Å². The molecule has 1 aromatic carbocycles. The highest BCUT2D eigenvalue weighted by atomic mass is 19.1. The molecule has 0 radical (unpaired) electrons. The molecule has 2 aromatic rings. The molecular formula is C16H22FN3. The molecule has 0 unspecified atom stereocenters. The van der Waals surface area contributed by atoms with E-state index in [4.69, 9.17) is 0 Å². The summed E-state index contributed by atoms with van der Waals surface area (Å²) in [5.41, 5.74) is 2.46. The Hall–Kier alpha value is -1.68. The zero-order chi connectivity index (χ0) is 14.7. The standard InChI is InChI=1S/C16H22FN3/c1-11(2)15-8-9-20(19-15)16-7-5-6-14(17)13(16)10-18-12(3)4/h5-9,11-12,18H,10H2,1-4H3. The number of aromatic nitrogens is 2. The van der Waals surface area contributed by atoms with E-state index in [-0.39, 0.29) is 5.82 Å². The van der Waals surface area contributed by atoms with Crippen LogP contribution in [-0.2, 0) is 6.54 Å². The van der Waals surface area contributed by atoms with Gasteiger partial charge in [0.15, 0.2) is 0 Å². The molecule has 0 aliphatic carbocycles. The fourth-order valence-electron chi connectivity index (χ4n) is 2.02. The number of nitrogens with zero attached hydrogens (tertiary/aromatic N) is 2. The number of hydrogen-bond acceptors (Lipinski definition) is 2. The van der Waals surface area contributed by atoms with Crippen LogP contribution < -0.4 is 5.32 Å². The van der Waals surface area contributed by atoms with Crippen molar-refractivity contribution in [2.24, 2.45) is 0 Å². The van der Waals surface area contributed by atoms with E-state index in [1.54, 1.807) is 10.7 Å². The van der Waals surface area contributed by atoms with E-state index >= 15 is 0 Å². The molecule has 0 bridgehead atoms. The van der Waals surface area contributed by atoms with Gasteiger partial charge in [0.05, 0.1) is 11.4 Å². The van der Waals surface area contributed by atoms with Crippen LogP contribution in [0, 0.1) is 5.82 Å². The maximum atomic E-state index is 14.1. The maximum absolute atomic E-state index is 14.1. The molecule has 0 saturated carbocycles. The lowest BCUT2D eigenvalue weighted by Crippen LogP contribution is -2.23. The zero-order valence-corrected chi connectivity index (χ0v) is 12.5. The molecule has 2 rings (SSSR count). The molecule has 0 aliphatic heterocycles. The summed E-state index contributed by atoms with van der Waals surface area (Å²) >= 11 is 0. The molecule has 0 atom stereocenters. The van der Waals surface area contributed by atoms with E-state index in [1.165, 1.54) is 6.07 Å². The third-order valence-electron chi connectivity index (χ3n) is 3.23. The molecule has 0 amide bonds. The van der Waals surface area contributed by atoms with Gasteiger partial charge in [-0.15, -0.1) is 0 Å². The minimum Gasteiger partial charge on any atom is -0.310 e. The van der Waals surface area contributed by atoms with Gasteiger partial charge in [0, 0.05) is 24.3 Å². The molecule has 1 N–H and O–H groups in total. The van der Waals surface area contributed by atoms with Crippen LogP contribution in [0.25, 0.3) is 5.69 Å². The monoisotopic (exact) mass is 275 g/mol. The number of nitrogens with one attached hydrogen (secondary N) is 1. The van der Waals surface area contributed by atoms with Gasteiger partial charge in [-0.2, -0.15) is 5.10 Å². The first-order valence-electron chi connectivity index (χ1n) is 7.05. The van der Waals surface area contributed by atoms with Gasteiger partial charge in [-0.05, 0) is 24.1 Å². The van der Waals surface area contributed by atoms with Gasteiger partial charge in [-0.3, -0.25) is 0 Å². The Bertz CT molecular complexity index is 573. The molecule has 0 saturated heterocycles. The summed E-state index contributed by atoms with van der Waals surface area (Å²) in [5, 5.41) is 7.79. The first-order valence-corrected chi connectivity index (χ1v) is 7.05. The van der Waals surface area contributed by atoms with Crippen LogP contribution in [0.3, 0.4) is 0 Å². The fourth-order valence-corrected chi connectivity index (χ4v) is 2.02. The Morgan fingerprint density at radius 3 is 2.55 bits per heavy atom. The van der Waals surface area contributed by atoms with Crippen LogP contribution in [-0.4, -0.2) is 15.8 Å². The summed E-state index contributed by atoms with van der Waals surface area (Å²) in [4.78, 5) is 0. The highest BCUT2D eigenvalue weighted by molar-refractivity contribution is 5.41. The maximum Gasteiger partial charge on any atom is 0.129 e. The quantitative estimate of drug-likeness (QED) is 0.903. The van der Waals surface area contributed by atoms with Crippen LogP contribution in [0.15, 0.2) is 30.5 Å². The van der Waals surface area contributed by atoms with E-state index in [1.807, 2.05) is 32.2 Å². The normalized spacial score (nSPS) is 11.6. The lowest BCUT2D eigenvalue weighted by atomic mass is 10.1. The van der Waals surface area contributed by atoms with Gasteiger partial charge in [0.2, 0.25) is 0 Å². The zero-order valence-electron chi connectivity index (χ0n) is 12.5. The smallest absolute Gasteiger partial charge is 0.129 e. The molecular weight excluding hydrogens is 253 g/mol. The van der Waals surface area contributed by atoms with E-state index in [9.17, 15) is 4.39 Å². The van der Waals surface area contributed by atoms with Crippen molar-refractivity contribution in [1.82, 2.24) is 15.1 Å². The SMILES string of the molecule is CC(C)NCc1c(F)cccc1-n1ccc(C(C)C)n1. The van der Waals surface area contributed by atoms with Crippen LogP contribution >= 0.6 is 0 Å². The van der Waals surface area contributed by atoms with Crippen molar-refractivity contribution in [3.63, 3.8) is 0 Å². The van der Waals surface area contributed by atoms with E-state index in [0.717, 1.165) is 11.4 Å². The lowest BCUT2D eigenvalue weighted by molar-refractivity contribution is 0.549. The van der Waals surface area contributed by atoms with E-state index in [0.29, 0.717) is 24.1 Å². The first-order chi connectivity index (χ1) is 9.49. The van der Waals surface area contributed by atoms with Crippen molar-refractivity contribution in [3.8, 4) is 5.69 Å². The molecule has 1 heterocycles. The average molecular weight is 275 g/mol. The topological polar surface area (TPSA) is 29.9 Å². The van der Waals surface area contributed by atoms with Crippen LogP contribution in [0.2, 0.25) is 0 Å².